The van der Waals surface area contributed by atoms with Crippen LogP contribution in [0, 0.1) is 5.92 Å². The summed E-state index contributed by atoms with van der Waals surface area (Å²) >= 11 is 0. The van der Waals surface area contributed by atoms with Gasteiger partial charge in [0.05, 0.1) is 18.6 Å². The van der Waals surface area contributed by atoms with E-state index in [2.05, 4.69) is 0 Å². The summed E-state index contributed by atoms with van der Waals surface area (Å²) in [5.74, 6) is -0.118. The van der Waals surface area contributed by atoms with E-state index in [0.29, 0.717) is 32.7 Å². The minimum absolute atomic E-state index is 0.118. The van der Waals surface area contributed by atoms with Gasteiger partial charge in [0.15, 0.2) is 0 Å². The first-order valence-electron chi connectivity index (χ1n) is 5.94. The molecule has 0 aromatic heterocycles. The Labute approximate surface area is 98.4 Å². The average molecular weight is 253 g/mol. The third-order valence-corrected chi connectivity index (χ3v) is 3.67. The lowest BCUT2D eigenvalue weighted by atomic mass is 9.80. The highest BCUT2D eigenvalue weighted by molar-refractivity contribution is 4.93. The summed E-state index contributed by atoms with van der Waals surface area (Å²) < 4.78 is 47.8. The first-order valence-corrected chi connectivity index (χ1v) is 5.94. The molecule has 0 bridgehead atoms. The number of nitrogens with two attached hydrogens (primary N) is 1. The van der Waals surface area contributed by atoms with Gasteiger partial charge in [-0.15, -0.1) is 0 Å². The van der Waals surface area contributed by atoms with Gasteiger partial charge in [-0.2, -0.15) is 13.2 Å². The Morgan fingerprint density at radius 2 is 2.12 bits per heavy atom. The van der Waals surface area contributed by atoms with Crippen molar-refractivity contribution in [3.05, 3.63) is 0 Å². The van der Waals surface area contributed by atoms with Gasteiger partial charge >= 0.3 is 6.18 Å². The molecule has 3 nitrogen and oxygen atoms in total. The lowest BCUT2D eigenvalue weighted by Gasteiger charge is -2.39. The maximum Gasteiger partial charge on any atom is 0.390 e. The molecule has 1 spiro atoms. The summed E-state index contributed by atoms with van der Waals surface area (Å²) in [6.45, 7) is 1.60. The van der Waals surface area contributed by atoms with E-state index in [1.165, 1.54) is 0 Å². The van der Waals surface area contributed by atoms with Crippen molar-refractivity contribution in [3.63, 3.8) is 0 Å². The second-order valence-electron chi connectivity index (χ2n) is 5.07. The third-order valence-electron chi connectivity index (χ3n) is 3.67. The molecule has 3 unspecified atom stereocenters. The molecule has 2 aliphatic heterocycles. The predicted molar refractivity (Wildman–Crippen MR) is 55.5 cm³/mol. The van der Waals surface area contributed by atoms with E-state index >= 15 is 0 Å². The Balaban J connectivity index is 1.92. The molecule has 0 amide bonds. The summed E-state index contributed by atoms with van der Waals surface area (Å²) in [6, 6.07) is -0.823. The molecule has 0 aromatic rings. The predicted octanol–water partition coefficient (Wildman–Crippen LogP) is 1.85. The van der Waals surface area contributed by atoms with Gasteiger partial charge < -0.3 is 15.2 Å². The summed E-state index contributed by atoms with van der Waals surface area (Å²) in [4.78, 5) is 0. The average Bonchev–Trinajstić information content (AvgIpc) is 2.64. The zero-order valence-electron chi connectivity index (χ0n) is 9.63. The van der Waals surface area contributed by atoms with Crippen molar-refractivity contribution in [1.82, 2.24) is 0 Å². The van der Waals surface area contributed by atoms with Gasteiger partial charge in [-0.1, -0.05) is 0 Å². The molecule has 2 heterocycles. The third kappa shape index (κ3) is 3.33. The number of alkyl halides is 3. The van der Waals surface area contributed by atoms with Crippen molar-refractivity contribution in [3.8, 4) is 0 Å². The first kappa shape index (κ1) is 13.1. The van der Waals surface area contributed by atoms with Crippen LogP contribution in [0.2, 0.25) is 0 Å². The summed E-state index contributed by atoms with van der Waals surface area (Å²) in [6.07, 6.45) is -3.13. The van der Waals surface area contributed by atoms with Crippen LogP contribution in [-0.2, 0) is 9.47 Å². The second-order valence-corrected chi connectivity index (χ2v) is 5.07. The molecule has 2 saturated heterocycles. The highest BCUT2D eigenvalue weighted by Gasteiger charge is 2.44. The van der Waals surface area contributed by atoms with E-state index in [0.717, 1.165) is 6.42 Å². The smallest absolute Gasteiger partial charge is 0.378 e. The van der Waals surface area contributed by atoms with Crippen LogP contribution < -0.4 is 5.73 Å². The van der Waals surface area contributed by atoms with Crippen LogP contribution in [0.4, 0.5) is 13.2 Å². The topological polar surface area (TPSA) is 44.5 Å². The molecule has 3 atom stereocenters. The van der Waals surface area contributed by atoms with Crippen LogP contribution in [0.5, 0.6) is 0 Å². The van der Waals surface area contributed by atoms with Crippen molar-refractivity contribution in [2.75, 3.05) is 19.8 Å². The van der Waals surface area contributed by atoms with Gasteiger partial charge in [-0.25, -0.2) is 0 Å². The number of ether oxygens (including phenoxy) is 2. The monoisotopic (exact) mass is 253 g/mol. The van der Waals surface area contributed by atoms with Gasteiger partial charge in [-0.3, -0.25) is 0 Å². The molecule has 17 heavy (non-hydrogen) atoms. The minimum atomic E-state index is -4.18. The highest BCUT2D eigenvalue weighted by atomic mass is 19.4. The maximum absolute atomic E-state index is 12.3. The van der Waals surface area contributed by atoms with Crippen LogP contribution in [-0.4, -0.2) is 37.6 Å². The Bertz CT molecular complexity index is 264. The molecule has 6 heteroatoms. The fraction of sp³-hybridized carbons (Fsp3) is 1.00. The molecule has 0 aromatic carbocycles. The zero-order chi connectivity index (χ0) is 12.5. The van der Waals surface area contributed by atoms with Crippen LogP contribution in [0.15, 0.2) is 0 Å². The normalized spacial score (nSPS) is 36.4. The Morgan fingerprint density at radius 1 is 1.35 bits per heavy atom. The van der Waals surface area contributed by atoms with Crippen molar-refractivity contribution in [1.29, 1.82) is 0 Å². The fourth-order valence-electron chi connectivity index (χ4n) is 2.73. The molecule has 2 rings (SSSR count). The molecular formula is C11H18F3NO2. The molecule has 2 aliphatic rings. The molecule has 2 fully saturated rings. The molecule has 100 valence electrons. The largest absolute Gasteiger partial charge is 0.390 e. The first-order chi connectivity index (χ1) is 7.90. The van der Waals surface area contributed by atoms with Crippen LogP contribution in [0.1, 0.15) is 25.7 Å². The van der Waals surface area contributed by atoms with Gasteiger partial charge in [-0.05, 0) is 18.8 Å². The molecule has 0 radical (unpaired) electrons. The van der Waals surface area contributed by atoms with Crippen molar-refractivity contribution in [2.24, 2.45) is 11.7 Å². The number of hydrogen-bond donors (Lipinski definition) is 1. The lowest BCUT2D eigenvalue weighted by molar-refractivity contribution is -0.149. The van der Waals surface area contributed by atoms with Gasteiger partial charge in [0.25, 0.3) is 0 Å². The Morgan fingerprint density at radius 3 is 2.71 bits per heavy atom. The van der Waals surface area contributed by atoms with Gasteiger partial charge in [0.1, 0.15) is 0 Å². The van der Waals surface area contributed by atoms with E-state index in [4.69, 9.17) is 15.2 Å². The Hall–Kier alpha value is -0.330. The van der Waals surface area contributed by atoms with E-state index < -0.39 is 18.6 Å². The van der Waals surface area contributed by atoms with Crippen molar-refractivity contribution in [2.45, 2.75) is 43.5 Å². The van der Waals surface area contributed by atoms with Gasteiger partial charge in [0, 0.05) is 25.7 Å². The van der Waals surface area contributed by atoms with Crippen LogP contribution >= 0.6 is 0 Å². The quantitative estimate of drug-likeness (QED) is 0.816. The van der Waals surface area contributed by atoms with Crippen LogP contribution in [0.25, 0.3) is 0 Å². The molecule has 2 N–H and O–H groups in total. The summed E-state index contributed by atoms with van der Waals surface area (Å²) in [5, 5.41) is 0. The number of hydrogen-bond acceptors (Lipinski definition) is 3. The summed E-state index contributed by atoms with van der Waals surface area (Å²) in [5.41, 5.74) is 5.30. The fourth-order valence-corrected chi connectivity index (χ4v) is 2.73. The van der Waals surface area contributed by atoms with E-state index in [-0.39, 0.29) is 11.5 Å². The SMILES string of the molecule is NC(CC(F)(F)F)C1CCOC2(CCOC2)C1. The van der Waals surface area contributed by atoms with Crippen LogP contribution in [0.3, 0.4) is 0 Å². The molecule has 0 aliphatic carbocycles. The minimum Gasteiger partial charge on any atom is -0.378 e. The highest BCUT2D eigenvalue weighted by Crippen LogP contribution is 2.38. The molecular weight excluding hydrogens is 235 g/mol. The number of halogens is 3. The number of rotatable bonds is 2. The summed E-state index contributed by atoms with van der Waals surface area (Å²) in [7, 11) is 0. The zero-order valence-corrected chi connectivity index (χ0v) is 9.63. The second kappa shape index (κ2) is 4.74. The van der Waals surface area contributed by atoms with Crippen molar-refractivity contribution >= 4 is 0 Å². The Kier molecular flexibility index (Phi) is 3.66. The van der Waals surface area contributed by atoms with E-state index in [1.54, 1.807) is 0 Å². The maximum atomic E-state index is 12.3. The standard InChI is InChI=1S/C11H18F3NO2/c12-11(13,14)6-9(15)8-1-3-17-10(5-8)2-4-16-7-10/h8-9H,1-7,15H2. The van der Waals surface area contributed by atoms with E-state index in [1.807, 2.05) is 0 Å². The molecule has 0 saturated carbocycles. The lowest BCUT2D eigenvalue weighted by Crippen LogP contribution is -2.46. The van der Waals surface area contributed by atoms with E-state index in [9.17, 15) is 13.2 Å². The van der Waals surface area contributed by atoms with Crippen molar-refractivity contribution < 1.29 is 22.6 Å². The van der Waals surface area contributed by atoms with Gasteiger partial charge in [0.2, 0.25) is 0 Å².